The number of rotatable bonds is 6. The summed E-state index contributed by atoms with van der Waals surface area (Å²) in [5.74, 6) is -1.86. The number of likely N-dealkylation sites (tertiary alicyclic amines) is 1. The molecule has 1 saturated carbocycles. The zero-order valence-electron chi connectivity index (χ0n) is 15.1. The van der Waals surface area contributed by atoms with Gasteiger partial charge in [-0.2, -0.15) is 0 Å². The van der Waals surface area contributed by atoms with Gasteiger partial charge in [0.2, 0.25) is 11.8 Å². The quantitative estimate of drug-likeness (QED) is 0.596. The first-order valence-electron chi connectivity index (χ1n) is 8.94. The van der Waals surface area contributed by atoms with Crippen molar-refractivity contribution in [3.8, 4) is 5.75 Å². The fourth-order valence-corrected chi connectivity index (χ4v) is 3.58. The molecule has 2 aliphatic rings. The van der Waals surface area contributed by atoms with Crippen molar-refractivity contribution in [1.29, 1.82) is 0 Å². The molecule has 144 valence electrons. The third-order valence-corrected chi connectivity index (χ3v) is 4.96. The molecule has 2 fully saturated rings. The third kappa shape index (κ3) is 4.27. The molecule has 8 nitrogen and oxygen atoms in total. The molecule has 0 unspecified atom stereocenters. The number of ether oxygens (including phenoxy) is 2. The minimum atomic E-state index is -0.778. The van der Waals surface area contributed by atoms with Crippen LogP contribution in [0.5, 0.6) is 5.75 Å². The Labute approximate surface area is 156 Å². The summed E-state index contributed by atoms with van der Waals surface area (Å²) in [4.78, 5) is 49.5. The normalized spacial score (nSPS) is 21.6. The van der Waals surface area contributed by atoms with Crippen LogP contribution >= 0.6 is 0 Å². The maximum Gasteiger partial charge on any atom is 0.326 e. The first-order valence-corrected chi connectivity index (χ1v) is 8.94. The van der Waals surface area contributed by atoms with Gasteiger partial charge in [-0.15, -0.1) is 0 Å². The van der Waals surface area contributed by atoms with Gasteiger partial charge in [0.05, 0.1) is 18.9 Å². The Kier molecular flexibility index (Phi) is 5.73. The molecule has 0 radical (unpaired) electrons. The lowest BCUT2D eigenvalue weighted by molar-refractivity contribution is -0.154. The number of hydrogen-bond acceptors (Lipinski definition) is 6. The molecule has 0 aromatic heterocycles. The minimum Gasteiger partial charge on any atom is -0.497 e. The maximum atomic E-state index is 12.3. The Hall–Kier alpha value is -2.90. The maximum absolute atomic E-state index is 12.3. The van der Waals surface area contributed by atoms with Crippen LogP contribution in [0.25, 0.3) is 0 Å². The first-order chi connectivity index (χ1) is 13.0. The summed E-state index contributed by atoms with van der Waals surface area (Å²) in [5, 5.41) is 2.58. The molecule has 1 N–H and O–H groups in total. The second-order valence-electron chi connectivity index (χ2n) is 6.70. The fourth-order valence-electron chi connectivity index (χ4n) is 3.58. The molecule has 2 atom stereocenters. The standard InChI is InChI=1S/C19H22N2O6/c1-26-13-8-6-12(7-9-13)20-16(22)11-27-17(23)10-21-18(24)14-4-2-3-5-15(14)19(21)25/h6-9,14-15H,2-5,10-11H2,1H3,(H,20,22)/t14-,15+. The van der Waals surface area contributed by atoms with Crippen LogP contribution in [0, 0.1) is 11.8 Å². The zero-order valence-corrected chi connectivity index (χ0v) is 15.1. The topological polar surface area (TPSA) is 102 Å². The number of esters is 1. The Balaban J connectivity index is 1.47. The van der Waals surface area contributed by atoms with Gasteiger partial charge in [0.25, 0.3) is 5.91 Å². The molecule has 0 spiro atoms. The van der Waals surface area contributed by atoms with Crippen LogP contribution in [-0.4, -0.2) is 48.9 Å². The van der Waals surface area contributed by atoms with Crippen molar-refractivity contribution < 1.29 is 28.7 Å². The Morgan fingerprint density at radius 1 is 1.07 bits per heavy atom. The van der Waals surface area contributed by atoms with E-state index in [1.54, 1.807) is 24.3 Å². The number of hydrogen-bond donors (Lipinski definition) is 1. The first kappa shape index (κ1) is 18.9. The van der Waals surface area contributed by atoms with Gasteiger partial charge in [0, 0.05) is 5.69 Å². The molecule has 8 heteroatoms. The molecular weight excluding hydrogens is 352 g/mol. The summed E-state index contributed by atoms with van der Waals surface area (Å²) in [6.07, 6.45) is 3.21. The average Bonchev–Trinajstić information content (AvgIpc) is 2.92. The summed E-state index contributed by atoms with van der Waals surface area (Å²) in [6, 6.07) is 6.68. The van der Waals surface area contributed by atoms with Gasteiger partial charge in [-0.1, -0.05) is 12.8 Å². The van der Waals surface area contributed by atoms with Gasteiger partial charge in [0.1, 0.15) is 12.3 Å². The van der Waals surface area contributed by atoms with E-state index in [4.69, 9.17) is 9.47 Å². The van der Waals surface area contributed by atoms with Gasteiger partial charge in [0.15, 0.2) is 6.61 Å². The molecule has 3 amide bonds. The van der Waals surface area contributed by atoms with Crippen LogP contribution in [0.15, 0.2) is 24.3 Å². The number of carbonyl (C=O) groups is 4. The lowest BCUT2D eigenvalue weighted by Gasteiger charge is -2.19. The van der Waals surface area contributed by atoms with Crippen LogP contribution in [0.4, 0.5) is 5.69 Å². The highest BCUT2D eigenvalue weighted by Gasteiger charge is 2.48. The van der Waals surface area contributed by atoms with Gasteiger partial charge in [-0.05, 0) is 37.1 Å². The van der Waals surface area contributed by atoms with E-state index in [1.807, 2.05) is 0 Å². The number of anilines is 1. The second kappa shape index (κ2) is 8.20. The van der Waals surface area contributed by atoms with Gasteiger partial charge in [-0.25, -0.2) is 0 Å². The van der Waals surface area contributed by atoms with Crippen molar-refractivity contribution in [2.75, 3.05) is 25.6 Å². The third-order valence-electron chi connectivity index (χ3n) is 4.96. The van der Waals surface area contributed by atoms with Crippen molar-refractivity contribution in [1.82, 2.24) is 4.90 Å². The van der Waals surface area contributed by atoms with E-state index in [2.05, 4.69) is 5.32 Å². The smallest absolute Gasteiger partial charge is 0.326 e. The largest absolute Gasteiger partial charge is 0.497 e. The van der Waals surface area contributed by atoms with Gasteiger partial charge < -0.3 is 14.8 Å². The molecule has 0 bridgehead atoms. The Bertz CT molecular complexity index is 721. The van der Waals surface area contributed by atoms with E-state index in [1.165, 1.54) is 7.11 Å². The lowest BCUT2D eigenvalue weighted by atomic mass is 9.81. The number of imide groups is 1. The minimum absolute atomic E-state index is 0.302. The van der Waals surface area contributed by atoms with Gasteiger partial charge in [-0.3, -0.25) is 24.1 Å². The second-order valence-corrected chi connectivity index (χ2v) is 6.70. The number of nitrogens with one attached hydrogen (secondary N) is 1. The molecule has 1 aliphatic carbocycles. The number of methoxy groups -OCH3 is 1. The molecule has 1 aliphatic heterocycles. The number of nitrogens with zero attached hydrogens (tertiary/aromatic N) is 1. The van der Waals surface area contributed by atoms with E-state index >= 15 is 0 Å². The SMILES string of the molecule is COc1ccc(NC(=O)COC(=O)CN2C(=O)[C@H]3CCCC[C@H]3C2=O)cc1. The number of benzene rings is 1. The summed E-state index contributed by atoms with van der Waals surface area (Å²) in [5.41, 5.74) is 0.533. The monoisotopic (exact) mass is 374 g/mol. The van der Waals surface area contributed by atoms with E-state index in [0.29, 0.717) is 24.3 Å². The molecule has 1 aromatic rings. The molecule has 1 aromatic carbocycles. The number of fused-ring (bicyclic) bond motifs is 1. The van der Waals surface area contributed by atoms with E-state index < -0.39 is 25.0 Å². The summed E-state index contributed by atoms with van der Waals surface area (Å²) in [7, 11) is 1.54. The van der Waals surface area contributed by atoms with E-state index in [-0.39, 0.29) is 23.7 Å². The number of carbonyl (C=O) groups excluding carboxylic acids is 4. The van der Waals surface area contributed by atoms with Crippen LogP contribution < -0.4 is 10.1 Å². The lowest BCUT2D eigenvalue weighted by Crippen LogP contribution is -2.37. The van der Waals surface area contributed by atoms with Crippen molar-refractivity contribution in [2.45, 2.75) is 25.7 Å². The fraction of sp³-hybridized carbons (Fsp3) is 0.474. The summed E-state index contributed by atoms with van der Waals surface area (Å²) in [6.45, 7) is -0.936. The van der Waals surface area contributed by atoms with Crippen molar-refractivity contribution >= 4 is 29.4 Å². The summed E-state index contributed by atoms with van der Waals surface area (Å²) >= 11 is 0. The van der Waals surface area contributed by atoms with Crippen molar-refractivity contribution in [3.63, 3.8) is 0 Å². The predicted octanol–water partition coefficient (Wildman–Crippen LogP) is 1.35. The highest BCUT2D eigenvalue weighted by Crippen LogP contribution is 2.37. The van der Waals surface area contributed by atoms with Crippen LogP contribution in [0.3, 0.4) is 0 Å². The molecule has 1 saturated heterocycles. The van der Waals surface area contributed by atoms with Gasteiger partial charge >= 0.3 is 5.97 Å². The Morgan fingerprint density at radius 3 is 2.22 bits per heavy atom. The van der Waals surface area contributed by atoms with Crippen LogP contribution in [0.1, 0.15) is 25.7 Å². The number of amides is 3. The summed E-state index contributed by atoms with van der Waals surface area (Å²) < 4.78 is 9.94. The molecular formula is C19H22N2O6. The zero-order chi connectivity index (χ0) is 19.4. The van der Waals surface area contributed by atoms with E-state index in [0.717, 1.165) is 17.7 Å². The highest BCUT2D eigenvalue weighted by atomic mass is 16.5. The van der Waals surface area contributed by atoms with Crippen molar-refractivity contribution in [2.24, 2.45) is 11.8 Å². The molecule has 1 heterocycles. The molecule has 27 heavy (non-hydrogen) atoms. The average molecular weight is 374 g/mol. The van der Waals surface area contributed by atoms with Crippen molar-refractivity contribution in [3.05, 3.63) is 24.3 Å². The van der Waals surface area contributed by atoms with E-state index in [9.17, 15) is 19.2 Å². The Morgan fingerprint density at radius 2 is 1.67 bits per heavy atom. The predicted molar refractivity (Wildman–Crippen MR) is 94.8 cm³/mol. The van der Waals surface area contributed by atoms with Crippen LogP contribution in [0.2, 0.25) is 0 Å². The highest BCUT2D eigenvalue weighted by molar-refractivity contribution is 6.07. The molecule has 3 rings (SSSR count). The van der Waals surface area contributed by atoms with Crippen LogP contribution in [-0.2, 0) is 23.9 Å².